The summed E-state index contributed by atoms with van der Waals surface area (Å²) >= 11 is 6.03. The van der Waals surface area contributed by atoms with E-state index in [-0.39, 0.29) is 13.2 Å². The minimum atomic E-state index is -0.0683. The summed E-state index contributed by atoms with van der Waals surface area (Å²) in [4.78, 5) is 3.95. The first kappa shape index (κ1) is 13.3. The first-order valence-electron chi connectivity index (χ1n) is 5.60. The lowest BCUT2D eigenvalue weighted by atomic mass is 10.2. The Hall–Kier alpha value is -2.09. The number of rotatable bonds is 4. The number of ether oxygens (including phenoxy) is 1. The zero-order chi connectivity index (χ0) is 13.7. The average molecular weight is 275 g/mol. The van der Waals surface area contributed by atoms with Gasteiger partial charge in [-0.1, -0.05) is 23.7 Å². The molecule has 1 aromatic heterocycles. The summed E-state index contributed by atoms with van der Waals surface area (Å²) in [6.07, 6.45) is 1.56. The maximum atomic E-state index is 8.99. The van der Waals surface area contributed by atoms with Gasteiger partial charge in [-0.25, -0.2) is 4.98 Å². The van der Waals surface area contributed by atoms with Gasteiger partial charge in [0.2, 0.25) is 0 Å². The lowest BCUT2D eigenvalue weighted by Crippen LogP contribution is -2.00. The molecule has 0 aliphatic heterocycles. The molecule has 0 spiro atoms. The minimum Gasteiger partial charge on any atom is -0.487 e. The van der Waals surface area contributed by atoms with Crippen LogP contribution in [0.3, 0.4) is 0 Å². The van der Waals surface area contributed by atoms with Crippen molar-refractivity contribution in [1.29, 1.82) is 5.26 Å². The summed E-state index contributed by atoms with van der Waals surface area (Å²) in [7, 11) is 0. The molecule has 0 fully saturated rings. The van der Waals surface area contributed by atoms with Crippen LogP contribution >= 0.6 is 11.6 Å². The first-order valence-corrected chi connectivity index (χ1v) is 5.98. The molecule has 0 aliphatic rings. The summed E-state index contributed by atoms with van der Waals surface area (Å²) in [6.45, 7) is 0.149. The van der Waals surface area contributed by atoms with Crippen LogP contribution < -0.4 is 4.74 Å². The van der Waals surface area contributed by atoms with Crippen molar-refractivity contribution in [2.45, 2.75) is 13.2 Å². The summed E-state index contributed by atoms with van der Waals surface area (Å²) in [5, 5.41) is 18.3. The van der Waals surface area contributed by atoms with Crippen LogP contribution in [0, 0.1) is 11.3 Å². The van der Waals surface area contributed by atoms with Crippen LogP contribution in [0.4, 0.5) is 0 Å². The van der Waals surface area contributed by atoms with Crippen LogP contribution in [0.5, 0.6) is 5.75 Å². The summed E-state index contributed by atoms with van der Waals surface area (Å²) in [5.74, 6) is 0.506. The third-order valence-electron chi connectivity index (χ3n) is 2.56. The molecule has 0 saturated heterocycles. The lowest BCUT2D eigenvalue weighted by Gasteiger charge is -2.09. The number of hydrogen-bond acceptors (Lipinski definition) is 4. The summed E-state index contributed by atoms with van der Waals surface area (Å²) < 4.78 is 5.56. The van der Waals surface area contributed by atoms with E-state index in [1.54, 1.807) is 36.5 Å². The summed E-state index contributed by atoms with van der Waals surface area (Å²) in [6, 6.07) is 10.6. The van der Waals surface area contributed by atoms with Crippen LogP contribution in [0.25, 0.3) is 0 Å². The second-order valence-corrected chi connectivity index (χ2v) is 4.24. The van der Waals surface area contributed by atoms with E-state index >= 15 is 0 Å². The van der Waals surface area contributed by atoms with E-state index in [0.29, 0.717) is 22.0 Å². The van der Waals surface area contributed by atoms with Gasteiger partial charge in [0.25, 0.3) is 0 Å². The van der Waals surface area contributed by atoms with Gasteiger partial charge in [0, 0.05) is 11.8 Å². The number of aromatic nitrogens is 1. The zero-order valence-corrected chi connectivity index (χ0v) is 10.8. The van der Waals surface area contributed by atoms with E-state index in [2.05, 4.69) is 4.98 Å². The van der Waals surface area contributed by atoms with Crippen molar-refractivity contribution < 1.29 is 9.84 Å². The maximum Gasteiger partial charge on any atom is 0.147 e. The van der Waals surface area contributed by atoms with Gasteiger partial charge in [-0.2, -0.15) is 5.26 Å². The van der Waals surface area contributed by atoms with Crippen molar-refractivity contribution in [2.24, 2.45) is 0 Å². The van der Waals surface area contributed by atoms with Crippen LogP contribution in [0.1, 0.15) is 16.8 Å². The quantitative estimate of drug-likeness (QED) is 0.931. The van der Waals surface area contributed by atoms with E-state index < -0.39 is 0 Å². The van der Waals surface area contributed by atoms with Crippen molar-refractivity contribution in [1.82, 2.24) is 4.98 Å². The van der Waals surface area contributed by atoms with Gasteiger partial charge >= 0.3 is 0 Å². The third-order valence-corrected chi connectivity index (χ3v) is 2.85. The van der Waals surface area contributed by atoms with Crippen molar-refractivity contribution in [2.75, 3.05) is 0 Å². The molecule has 2 rings (SSSR count). The molecule has 0 bridgehead atoms. The lowest BCUT2D eigenvalue weighted by molar-refractivity contribution is 0.280. The van der Waals surface area contributed by atoms with Gasteiger partial charge in [-0.05, 0) is 23.8 Å². The number of nitriles is 1. The Morgan fingerprint density at radius 3 is 2.89 bits per heavy atom. The molecular weight excluding hydrogens is 264 g/mol. The smallest absolute Gasteiger partial charge is 0.147 e. The van der Waals surface area contributed by atoms with Crippen LogP contribution in [-0.4, -0.2) is 10.1 Å². The molecule has 0 unspecified atom stereocenters. The topological polar surface area (TPSA) is 66.1 Å². The van der Waals surface area contributed by atoms with Crippen molar-refractivity contribution in [3.05, 3.63) is 58.4 Å². The molecule has 96 valence electrons. The van der Waals surface area contributed by atoms with E-state index in [0.717, 1.165) is 5.56 Å². The number of aliphatic hydroxyl groups is 1. The standard InChI is InChI=1S/C14H11ClN2O2/c15-12-6-10(8-18)3-4-14(12)19-9-11-2-1-5-17-13(11)7-16/h1-6,18H,8-9H2. The van der Waals surface area contributed by atoms with Gasteiger partial charge in [0.15, 0.2) is 0 Å². The number of halogens is 1. The molecule has 0 atom stereocenters. The average Bonchev–Trinajstić information content (AvgIpc) is 2.46. The Morgan fingerprint density at radius 2 is 2.21 bits per heavy atom. The number of nitrogens with zero attached hydrogens (tertiary/aromatic N) is 2. The Bertz CT molecular complexity index is 623. The Kier molecular flexibility index (Phi) is 4.35. The second kappa shape index (κ2) is 6.19. The molecule has 0 amide bonds. The highest BCUT2D eigenvalue weighted by atomic mass is 35.5. The van der Waals surface area contributed by atoms with Crippen molar-refractivity contribution in [3.8, 4) is 11.8 Å². The highest BCUT2D eigenvalue weighted by Crippen LogP contribution is 2.26. The summed E-state index contributed by atoms with van der Waals surface area (Å²) in [5.41, 5.74) is 1.76. The zero-order valence-electron chi connectivity index (χ0n) is 10.0. The molecular formula is C14H11ClN2O2. The monoisotopic (exact) mass is 274 g/mol. The molecule has 5 heteroatoms. The molecule has 0 aliphatic carbocycles. The maximum absolute atomic E-state index is 8.99. The van der Waals surface area contributed by atoms with E-state index in [1.807, 2.05) is 6.07 Å². The van der Waals surface area contributed by atoms with E-state index in [4.69, 9.17) is 26.7 Å². The van der Waals surface area contributed by atoms with Gasteiger partial charge in [0.1, 0.15) is 24.1 Å². The van der Waals surface area contributed by atoms with Gasteiger partial charge in [-0.3, -0.25) is 0 Å². The van der Waals surface area contributed by atoms with Gasteiger partial charge in [0.05, 0.1) is 11.6 Å². The fourth-order valence-electron chi connectivity index (χ4n) is 1.57. The molecule has 4 nitrogen and oxygen atoms in total. The Morgan fingerprint density at radius 1 is 1.37 bits per heavy atom. The molecule has 1 N–H and O–H groups in total. The Balaban J connectivity index is 2.13. The van der Waals surface area contributed by atoms with Crippen LogP contribution in [0.15, 0.2) is 36.5 Å². The predicted molar refractivity (Wildman–Crippen MR) is 70.7 cm³/mol. The predicted octanol–water partition coefficient (Wildman–Crippen LogP) is 2.68. The molecule has 0 saturated carbocycles. The van der Waals surface area contributed by atoms with E-state index in [9.17, 15) is 0 Å². The number of aliphatic hydroxyl groups excluding tert-OH is 1. The van der Waals surface area contributed by atoms with Crippen molar-refractivity contribution in [3.63, 3.8) is 0 Å². The van der Waals surface area contributed by atoms with Crippen LogP contribution in [0.2, 0.25) is 5.02 Å². The second-order valence-electron chi connectivity index (χ2n) is 3.83. The highest BCUT2D eigenvalue weighted by Gasteiger charge is 2.06. The minimum absolute atomic E-state index is 0.0683. The van der Waals surface area contributed by atoms with Crippen molar-refractivity contribution >= 4 is 11.6 Å². The van der Waals surface area contributed by atoms with Gasteiger partial charge in [-0.15, -0.1) is 0 Å². The normalized spacial score (nSPS) is 9.95. The van der Waals surface area contributed by atoms with E-state index in [1.165, 1.54) is 0 Å². The highest BCUT2D eigenvalue weighted by molar-refractivity contribution is 6.32. The fraction of sp³-hybridized carbons (Fsp3) is 0.143. The SMILES string of the molecule is N#Cc1ncccc1COc1ccc(CO)cc1Cl. The number of benzene rings is 1. The molecule has 1 heterocycles. The molecule has 0 radical (unpaired) electrons. The van der Waals surface area contributed by atoms with Crippen LogP contribution in [-0.2, 0) is 13.2 Å². The largest absolute Gasteiger partial charge is 0.487 e. The molecule has 1 aromatic carbocycles. The fourth-order valence-corrected chi connectivity index (χ4v) is 1.83. The molecule has 19 heavy (non-hydrogen) atoms. The Labute approximate surface area is 115 Å². The first-order chi connectivity index (χ1) is 9.24. The molecule has 2 aromatic rings. The van der Waals surface area contributed by atoms with Gasteiger partial charge < -0.3 is 9.84 Å². The third kappa shape index (κ3) is 3.22. The number of pyridine rings is 1. The number of hydrogen-bond donors (Lipinski definition) is 1.